The third kappa shape index (κ3) is 3.38. The first kappa shape index (κ1) is 15.8. The molecule has 9 nitrogen and oxygen atoms in total. The number of carboxylic acid groups (broad SMARTS) is 1. The zero-order valence-corrected chi connectivity index (χ0v) is 12.1. The van der Waals surface area contributed by atoms with Gasteiger partial charge in [0.1, 0.15) is 17.5 Å². The van der Waals surface area contributed by atoms with Gasteiger partial charge in [-0.2, -0.15) is 10.2 Å². The molecule has 0 saturated carbocycles. The van der Waals surface area contributed by atoms with Crippen LogP contribution in [0.3, 0.4) is 0 Å². The molecule has 0 fully saturated rings. The molecule has 23 heavy (non-hydrogen) atoms. The molecule has 0 amide bonds. The summed E-state index contributed by atoms with van der Waals surface area (Å²) in [6, 6.07) is 6.58. The molecule has 0 bridgehead atoms. The number of methoxy groups -OCH3 is 1. The van der Waals surface area contributed by atoms with Gasteiger partial charge in [-0.1, -0.05) is 0 Å². The van der Waals surface area contributed by atoms with Crippen LogP contribution in [0.1, 0.15) is 5.56 Å². The standard InChI is InChI=1S/C14H13N5O4/c1-22-9-3-2-7(4-10(9)23-6-11(20)21)12-8(5-15)13(16)19-14(17)18-12/h2-4H,6H2,1H3,(H,20,21)(H4,16,17,18,19). The summed E-state index contributed by atoms with van der Waals surface area (Å²) < 4.78 is 10.3. The van der Waals surface area contributed by atoms with Crippen LogP contribution < -0.4 is 20.9 Å². The van der Waals surface area contributed by atoms with Crippen LogP contribution in [-0.2, 0) is 4.79 Å². The fourth-order valence-corrected chi connectivity index (χ4v) is 1.89. The number of benzene rings is 1. The van der Waals surface area contributed by atoms with Crippen LogP contribution in [0.4, 0.5) is 11.8 Å². The lowest BCUT2D eigenvalue weighted by Gasteiger charge is -2.12. The summed E-state index contributed by atoms with van der Waals surface area (Å²) in [7, 11) is 1.42. The molecule has 0 aliphatic heterocycles. The lowest BCUT2D eigenvalue weighted by molar-refractivity contribution is -0.139. The highest BCUT2D eigenvalue weighted by Gasteiger charge is 2.16. The number of anilines is 2. The third-order valence-corrected chi connectivity index (χ3v) is 2.85. The van der Waals surface area contributed by atoms with Crippen molar-refractivity contribution in [1.29, 1.82) is 5.26 Å². The van der Waals surface area contributed by atoms with E-state index in [1.54, 1.807) is 12.1 Å². The number of aliphatic carboxylic acids is 1. The van der Waals surface area contributed by atoms with Crippen LogP contribution in [0, 0.1) is 11.3 Å². The van der Waals surface area contributed by atoms with Crippen LogP contribution in [-0.4, -0.2) is 34.8 Å². The minimum Gasteiger partial charge on any atom is -0.493 e. The summed E-state index contributed by atoms with van der Waals surface area (Å²) >= 11 is 0. The highest BCUT2D eigenvalue weighted by Crippen LogP contribution is 2.34. The maximum atomic E-state index is 10.7. The van der Waals surface area contributed by atoms with Gasteiger partial charge < -0.3 is 26.0 Å². The van der Waals surface area contributed by atoms with Crippen molar-refractivity contribution >= 4 is 17.7 Å². The zero-order valence-electron chi connectivity index (χ0n) is 12.1. The maximum Gasteiger partial charge on any atom is 0.341 e. The molecule has 0 aliphatic carbocycles. The highest BCUT2D eigenvalue weighted by molar-refractivity contribution is 5.75. The normalized spacial score (nSPS) is 9.91. The Morgan fingerprint density at radius 2 is 2.09 bits per heavy atom. The second kappa shape index (κ2) is 6.48. The Hall–Kier alpha value is -3.54. The summed E-state index contributed by atoms with van der Waals surface area (Å²) in [6.07, 6.45) is 0. The molecule has 1 aromatic heterocycles. The Kier molecular flexibility index (Phi) is 4.47. The van der Waals surface area contributed by atoms with Gasteiger partial charge in [-0.15, -0.1) is 0 Å². The highest BCUT2D eigenvalue weighted by atomic mass is 16.5. The molecular formula is C14H13N5O4. The lowest BCUT2D eigenvalue weighted by atomic mass is 10.1. The van der Waals surface area contributed by atoms with E-state index in [2.05, 4.69) is 9.97 Å². The number of hydrogen-bond acceptors (Lipinski definition) is 8. The fraction of sp³-hybridized carbons (Fsp3) is 0.143. The quantitative estimate of drug-likeness (QED) is 0.720. The number of nitrogen functional groups attached to an aromatic ring is 2. The van der Waals surface area contributed by atoms with Crippen molar-refractivity contribution in [3.05, 3.63) is 23.8 Å². The van der Waals surface area contributed by atoms with E-state index in [1.165, 1.54) is 13.2 Å². The first-order chi connectivity index (χ1) is 11.0. The summed E-state index contributed by atoms with van der Waals surface area (Å²) in [6.45, 7) is -0.543. The van der Waals surface area contributed by atoms with E-state index in [0.29, 0.717) is 11.3 Å². The first-order valence-electron chi connectivity index (χ1n) is 6.32. The van der Waals surface area contributed by atoms with Gasteiger partial charge in [0.05, 0.1) is 12.8 Å². The lowest BCUT2D eigenvalue weighted by Crippen LogP contribution is -2.10. The topological polar surface area (TPSA) is 157 Å². The molecule has 2 aromatic rings. The number of carbonyl (C=O) groups is 1. The molecule has 118 valence electrons. The van der Waals surface area contributed by atoms with Crippen molar-refractivity contribution in [2.45, 2.75) is 0 Å². The average molecular weight is 315 g/mol. The van der Waals surface area contributed by atoms with E-state index in [1.807, 2.05) is 6.07 Å². The molecule has 0 radical (unpaired) electrons. The summed E-state index contributed by atoms with van der Waals surface area (Å²) in [4.78, 5) is 18.4. The minimum atomic E-state index is -1.13. The van der Waals surface area contributed by atoms with E-state index in [4.69, 9.17) is 26.0 Å². The number of nitrogens with two attached hydrogens (primary N) is 2. The molecule has 1 aromatic carbocycles. The van der Waals surface area contributed by atoms with Crippen molar-refractivity contribution < 1.29 is 19.4 Å². The van der Waals surface area contributed by atoms with Crippen molar-refractivity contribution in [2.24, 2.45) is 0 Å². The fourth-order valence-electron chi connectivity index (χ4n) is 1.89. The Balaban J connectivity index is 2.55. The van der Waals surface area contributed by atoms with E-state index in [-0.39, 0.29) is 28.8 Å². The van der Waals surface area contributed by atoms with Crippen LogP contribution in [0.25, 0.3) is 11.3 Å². The monoisotopic (exact) mass is 315 g/mol. The second-order valence-corrected chi connectivity index (χ2v) is 4.35. The van der Waals surface area contributed by atoms with Gasteiger partial charge in [-0.25, -0.2) is 9.78 Å². The molecule has 0 aliphatic rings. The number of nitrogens with zero attached hydrogens (tertiary/aromatic N) is 3. The molecule has 0 spiro atoms. The van der Waals surface area contributed by atoms with Gasteiger partial charge in [0, 0.05) is 5.56 Å². The molecule has 5 N–H and O–H groups in total. The van der Waals surface area contributed by atoms with Gasteiger partial charge in [-0.05, 0) is 18.2 Å². The minimum absolute atomic E-state index is 0.0428. The van der Waals surface area contributed by atoms with Gasteiger partial charge in [-0.3, -0.25) is 0 Å². The number of aromatic nitrogens is 2. The molecule has 1 heterocycles. The number of ether oxygens (including phenoxy) is 2. The van der Waals surface area contributed by atoms with Gasteiger partial charge in [0.25, 0.3) is 0 Å². The zero-order chi connectivity index (χ0) is 17.0. The van der Waals surface area contributed by atoms with Crippen LogP contribution in [0.15, 0.2) is 18.2 Å². The van der Waals surface area contributed by atoms with E-state index in [0.717, 1.165) is 0 Å². The number of rotatable bonds is 5. The Bertz CT molecular complexity index is 800. The molecule has 9 heteroatoms. The maximum absolute atomic E-state index is 10.7. The van der Waals surface area contributed by atoms with Crippen LogP contribution >= 0.6 is 0 Å². The van der Waals surface area contributed by atoms with Crippen molar-refractivity contribution in [2.75, 3.05) is 25.2 Å². The largest absolute Gasteiger partial charge is 0.493 e. The number of hydrogen-bond donors (Lipinski definition) is 3. The third-order valence-electron chi connectivity index (χ3n) is 2.85. The summed E-state index contributed by atoms with van der Waals surface area (Å²) in [5, 5.41) is 17.9. The SMILES string of the molecule is COc1ccc(-c2nc(N)nc(N)c2C#N)cc1OCC(=O)O. The average Bonchev–Trinajstić information content (AvgIpc) is 2.51. The number of carboxylic acids is 1. The van der Waals surface area contributed by atoms with E-state index >= 15 is 0 Å². The molecule has 0 unspecified atom stereocenters. The number of nitriles is 1. The summed E-state index contributed by atoms with van der Waals surface area (Å²) in [5.41, 5.74) is 12.0. The van der Waals surface area contributed by atoms with E-state index < -0.39 is 12.6 Å². The molecule has 2 rings (SSSR count). The Morgan fingerprint density at radius 3 is 2.70 bits per heavy atom. The van der Waals surface area contributed by atoms with Gasteiger partial charge >= 0.3 is 5.97 Å². The molecule has 0 saturated heterocycles. The van der Waals surface area contributed by atoms with Gasteiger partial charge in [0.15, 0.2) is 18.1 Å². The van der Waals surface area contributed by atoms with Crippen molar-refractivity contribution in [3.8, 4) is 28.8 Å². The smallest absolute Gasteiger partial charge is 0.341 e. The van der Waals surface area contributed by atoms with E-state index in [9.17, 15) is 10.1 Å². The second-order valence-electron chi connectivity index (χ2n) is 4.35. The summed E-state index contributed by atoms with van der Waals surface area (Å²) in [5.74, 6) is -0.736. The Morgan fingerprint density at radius 1 is 1.35 bits per heavy atom. The van der Waals surface area contributed by atoms with Crippen molar-refractivity contribution in [3.63, 3.8) is 0 Å². The van der Waals surface area contributed by atoms with Crippen LogP contribution in [0.2, 0.25) is 0 Å². The molecular weight excluding hydrogens is 302 g/mol. The predicted octanol–water partition coefficient (Wildman–Crippen LogP) is 0.652. The molecule has 0 atom stereocenters. The predicted molar refractivity (Wildman–Crippen MR) is 80.7 cm³/mol. The van der Waals surface area contributed by atoms with Gasteiger partial charge in [0.2, 0.25) is 5.95 Å². The Labute approximate surface area is 131 Å². The van der Waals surface area contributed by atoms with Crippen molar-refractivity contribution in [1.82, 2.24) is 9.97 Å². The first-order valence-corrected chi connectivity index (χ1v) is 6.32. The van der Waals surface area contributed by atoms with Crippen LogP contribution in [0.5, 0.6) is 11.5 Å².